The normalized spacial score (nSPS) is 11.9. The molecule has 0 saturated carbocycles. The smallest absolute Gasteiger partial charge is 0.177 e. The molecule has 0 radical (unpaired) electrons. The maximum absolute atomic E-state index is 12.8. The number of carbonyl (C=O) groups excluding carboxylic acids is 2. The van der Waals surface area contributed by atoms with Crippen LogP contribution in [0.3, 0.4) is 0 Å². The summed E-state index contributed by atoms with van der Waals surface area (Å²) in [6.45, 7) is 0. The van der Waals surface area contributed by atoms with Gasteiger partial charge < -0.3 is 4.79 Å². The van der Waals surface area contributed by atoms with E-state index >= 15 is 0 Å². The molecule has 1 atom stereocenters. The van der Waals surface area contributed by atoms with E-state index < -0.39 is 23.3 Å². The van der Waals surface area contributed by atoms with Crippen molar-refractivity contribution in [2.75, 3.05) is 0 Å². The lowest BCUT2D eigenvalue weighted by atomic mass is 9.92. The highest BCUT2D eigenvalue weighted by molar-refractivity contribution is 6.09. The van der Waals surface area contributed by atoms with Crippen LogP contribution in [0.5, 0.6) is 0 Å². The van der Waals surface area contributed by atoms with Gasteiger partial charge >= 0.3 is 0 Å². The molecule has 2 aromatic carbocycles. The molecule has 4 heteroatoms. The number of Topliss-reactive ketones (excluding diaryl/α,β-unsaturated/α-hetero) is 1. The van der Waals surface area contributed by atoms with Gasteiger partial charge in [-0.1, -0.05) is 12.1 Å². The molecule has 0 N–H and O–H groups in total. The molecular weight excluding hydrogens is 250 g/mol. The monoisotopic (exact) mass is 260 g/mol. The van der Waals surface area contributed by atoms with Gasteiger partial charge in [0.1, 0.15) is 23.8 Å². The van der Waals surface area contributed by atoms with Gasteiger partial charge in [0, 0.05) is 5.56 Å². The minimum Gasteiger partial charge on any atom is -0.302 e. The molecule has 0 aromatic heterocycles. The van der Waals surface area contributed by atoms with Crippen LogP contribution in [0.1, 0.15) is 21.8 Å². The molecule has 96 valence electrons. The van der Waals surface area contributed by atoms with E-state index in [1.54, 1.807) is 0 Å². The Bertz CT molecular complexity index is 589. The first-order valence-electron chi connectivity index (χ1n) is 5.62. The predicted molar refractivity (Wildman–Crippen MR) is 65.9 cm³/mol. The molecule has 0 saturated heterocycles. The van der Waals surface area contributed by atoms with Crippen molar-refractivity contribution in [1.29, 1.82) is 0 Å². The molecule has 1 unspecified atom stereocenters. The SMILES string of the molecule is O=CC(C(=O)c1ccc(F)cc1)c1ccc(F)cc1. The number of halogens is 2. The average Bonchev–Trinajstić information content (AvgIpc) is 2.42. The van der Waals surface area contributed by atoms with Crippen molar-refractivity contribution in [2.24, 2.45) is 0 Å². The van der Waals surface area contributed by atoms with Crippen molar-refractivity contribution < 1.29 is 18.4 Å². The molecule has 0 aliphatic rings. The Labute approximate surface area is 108 Å². The van der Waals surface area contributed by atoms with Gasteiger partial charge in [0.25, 0.3) is 0 Å². The fourth-order valence-electron chi connectivity index (χ4n) is 1.76. The van der Waals surface area contributed by atoms with Gasteiger partial charge in [0.05, 0.1) is 0 Å². The minimum absolute atomic E-state index is 0.239. The lowest BCUT2D eigenvalue weighted by Gasteiger charge is -2.09. The molecule has 2 aromatic rings. The van der Waals surface area contributed by atoms with Crippen molar-refractivity contribution in [3.8, 4) is 0 Å². The van der Waals surface area contributed by atoms with E-state index in [1.165, 1.54) is 36.4 Å². The first-order valence-corrected chi connectivity index (χ1v) is 5.62. The molecule has 0 aliphatic carbocycles. The van der Waals surface area contributed by atoms with E-state index in [4.69, 9.17) is 0 Å². The highest BCUT2D eigenvalue weighted by atomic mass is 19.1. The standard InChI is InChI=1S/C15H10F2O2/c16-12-5-1-10(2-6-12)14(9-18)15(19)11-3-7-13(17)8-4-11/h1-9,14H. The van der Waals surface area contributed by atoms with E-state index in [2.05, 4.69) is 0 Å². The Kier molecular flexibility index (Phi) is 3.80. The van der Waals surface area contributed by atoms with E-state index in [9.17, 15) is 18.4 Å². The summed E-state index contributed by atoms with van der Waals surface area (Å²) in [7, 11) is 0. The van der Waals surface area contributed by atoms with Crippen molar-refractivity contribution in [3.63, 3.8) is 0 Å². The van der Waals surface area contributed by atoms with Crippen LogP contribution in [0, 0.1) is 11.6 Å². The van der Waals surface area contributed by atoms with Crippen molar-refractivity contribution in [1.82, 2.24) is 0 Å². The van der Waals surface area contributed by atoms with Crippen LogP contribution in [-0.4, -0.2) is 12.1 Å². The van der Waals surface area contributed by atoms with E-state index in [0.29, 0.717) is 11.8 Å². The molecule has 0 amide bonds. The van der Waals surface area contributed by atoms with Crippen LogP contribution in [0.2, 0.25) is 0 Å². The highest BCUT2D eigenvalue weighted by Crippen LogP contribution is 2.19. The van der Waals surface area contributed by atoms with E-state index in [0.717, 1.165) is 12.1 Å². The third kappa shape index (κ3) is 2.91. The van der Waals surface area contributed by atoms with Crippen molar-refractivity contribution >= 4 is 12.1 Å². The maximum atomic E-state index is 12.8. The Hall–Kier alpha value is -2.36. The predicted octanol–water partition coefficient (Wildman–Crippen LogP) is 3.13. The summed E-state index contributed by atoms with van der Waals surface area (Å²) in [6.07, 6.45) is 0.499. The number of hydrogen-bond donors (Lipinski definition) is 0. The van der Waals surface area contributed by atoms with Crippen LogP contribution in [0.4, 0.5) is 8.78 Å². The molecule has 0 heterocycles. The lowest BCUT2D eigenvalue weighted by Crippen LogP contribution is -2.14. The Morgan fingerprint density at radius 3 is 1.84 bits per heavy atom. The second-order valence-electron chi connectivity index (χ2n) is 4.04. The van der Waals surface area contributed by atoms with E-state index in [-0.39, 0.29) is 5.56 Å². The topological polar surface area (TPSA) is 34.1 Å². The largest absolute Gasteiger partial charge is 0.302 e. The van der Waals surface area contributed by atoms with Crippen LogP contribution in [0.25, 0.3) is 0 Å². The molecule has 0 aliphatic heterocycles. The molecule has 0 bridgehead atoms. The fourth-order valence-corrected chi connectivity index (χ4v) is 1.76. The average molecular weight is 260 g/mol. The van der Waals surface area contributed by atoms with Gasteiger partial charge in [-0.2, -0.15) is 0 Å². The summed E-state index contributed by atoms with van der Waals surface area (Å²) < 4.78 is 25.6. The van der Waals surface area contributed by atoms with Gasteiger partial charge in [0.15, 0.2) is 5.78 Å². The number of carbonyl (C=O) groups is 2. The summed E-state index contributed by atoms with van der Waals surface area (Å²) in [4.78, 5) is 23.2. The van der Waals surface area contributed by atoms with Crippen molar-refractivity contribution in [2.45, 2.75) is 5.92 Å². The van der Waals surface area contributed by atoms with Crippen LogP contribution in [-0.2, 0) is 4.79 Å². The minimum atomic E-state index is -1.01. The van der Waals surface area contributed by atoms with Gasteiger partial charge in [-0.3, -0.25) is 4.79 Å². The second-order valence-corrected chi connectivity index (χ2v) is 4.04. The van der Waals surface area contributed by atoms with Crippen LogP contribution in [0.15, 0.2) is 48.5 Å². The van der Waals surface area contributed by atoms with Gasteiger partial charge in [-0.05, 0) is 42.0 Å². The fraction of sp³-hybridized carbons (Fsp3) is 0.0667. The lowest BCUT2D eigenvalue weighted by molar-refractivity contribution is -0.108. The second kappa shape index (κ2) is 5.52. The Morgan fingerprint density at radius 2 is 1.37 bits per heavy atom. The third-order valence-electron chi connectivity index (χ3n) is 2.78. The van der Waals surface area contributed by atoms with E-state index in [1.807, 2.05) is 0 Å². The zero-order chi connectivity index (χ0) is 13.8. The molecule has 2 nitrogen and oxygen atoms in total. The third-order valence-corrected chi connectivity index (χ3v) is 2.78. The summed E-state index contributed by atoms with van der Waals surface area (Å²) in [5, 5.41) is 0. The summed E-state index contributed by atoms with van der Waals surface area (Å²) in [6, 6.07) is 10.1. The van der Waals surface area contributed by atoms with Crippen LogP contribution < -0.4 is 0 Å². The first-order chi connectivity index (χ1) is 9.11. The number of aldehydes is 1. The van der Waals surface area contributed by atoms with Crippen molar-refractivity contribution in [3.05, 3.63) is 71.3 Å². The highest BCUT2D eigenvalue weighted by Gasteiger charge is 2.21. The van der Waals surface area contributed by atoms with Gasteiger partial charge in [-0.15, -0.1) is 0 Å². The molecular formula is C15H10F2O2. The molecule has 2 rings (SSSR count). The van der Waals surface area contributed by atoms with Crippen LogP contribution >= 0.6 is 0 Å². The number of rotatable bonds is 4. The summed E-state index contributed by atoms with van der Waals surface area (Å²) in [5.41, 5.74) is 0.647. The number of benzene rings is 2. The molecule has 19 heavy (non-hydrogen) atoms. The zero-order valence-corrected chi connectivity index (χ0v) is 9.85. The number of hydrogen-bond acceptors (Lipinski definition) is 2. The quantitative estimate of drug-likeness (QED) is 0.481. The zero-order valence-electron chi connectivity index (χ0n) is 9.85. The van der Waals surface area contributed by atoms with Gasteiger partial charge in [-0.25, -0.2) is 8.78 Å². The maximum Gasteiger partial charge on any atom is 0.177 e. The van der Waals surface area contributed by atoms with Gasteiger partial charge in [0.2, 0.25) is 0 Å². The Morgan fingerprint density at radius 1 is 0.895 bits per heavy atom. The number of ketones is 1. The first kappa shape index (κ1) is 13.1. The molecule has 0 fully saturated rings. The summed E-state index contributed by atoms with van der Waals surface area (Å²) >= 11 is 0. The Balaban J connectivity index is 2.31. The summed E-state index contributed by atoms with van der Waals surface area (Å²) in [5.74, 6) is -2.35. The molecule has 0 spiro atoms.